The number of hydrogen-bond donors (Lipinski definition) is 1. The average Bonchev–Trinajstić information content (AvgIpc) is 2.40. The number of anilines is 1. The number of esters is 1. The monoisotopic (exact) mass is 314 g/mol. The molecule has 0 unspecified atom stereocenters. The molecule has 7 heteroatoms. The lowest BCUT2D eigenvalue weighted by molar-refractivity contribution is -0.143. The first kappa shape index (κ1) is 17.5. The molecule has 0 aliphatic carbocycles. The van der Waals surface area contributed by atoms with Crippen LogP contribution in [0.25, 0.3) is 0 Å². The summed E-state index contributed by atoms with van der Waals surface area (Å²) in [6.07, 6.45) is 0. The molecular weight excluding hydrogens is 292 g/mol. The number of nitrogens with two attached hydrogens (primary N) is 1. The van der Waals surface area contributed by atoms with E-state index in [0.29, 0.717) is 11.3 Å². The lowest BCUT2D eigenvalue weighted by Crippen LogP contribution is -2.36. The molecule has 0 amide bonds. The van der Waals surface area contributed by atoms with Crippen LogP contribution in [-0.2, 0) is 19.6 Å². The quantitative estimate of drug-likeness (QED) is 0.634. The number of ether oxygens (including phenoxy) is 1. The zero-order valence-corrected chi connectivity index (χ0v) is 13.7. The third kappa shape index (κ3) is 3.95. The van der Waals surface area contributed by atoms with Crippen molar-refractivity contribution in [3.63, 3.8) is 0 Å². The number of nitrogens with zero attached hydrogens (tertiary/aromatic N) is 1. The van der Waals surface area contributed by atoms with Gasteiger partial charge in [0.15, 0.2) is 0 Å². The fourth-order valence-electron chi connectivity index (χ4n) is 1.98. The van der Waals surface area contributed by atoms with Crippen LogP contribution in [0.15, 0.2) is 17.0 Å². The Morgan fingerprint density at radius 1 is 1.29 bits per heavy atom. The van der Waals surface area contributed by atoms with Crippen LogP contribution < -0.4 is 5.73 Å². The van der Waals surface area contributed by atoms with E-state index in [-0.39, 0.29) is 24.6 Å². The van der Waals surface area contributed by atoms with Crippen LogP contribution in [0.1, 0.15) is 25.0 Å². The predicted molar refractivity (Wildman–Crippen MR) is 81.4 cm³/mol. The maximum Gasteiger partial charge on any atom is 0.321 e. The summed E-state index contributed by atoms with van der Waals surface area (Å²) >= 11 is 0. The van der Waals surface area contributed by atoms with Gasteiger partial charge in [0, 0.05) is 12.2 Å². The molecule has 2 N–H and O–H groups in total. The fraction of sp³-hybridized carbons (Fsp3) is 0.500. The van der Waals surface area contributed by atoms with E-state index in [9.17, 15) is 13.2 Å². The summed E-state index contributed by atoms with van der Waals surface area (Å²) in [5.41, 5.74) is 7.49. The molecule has 0 spiro atoms. The number of sulfonamides is 1. The Morgan fingerprint density at radius 3 is 2.43 bits per heavy atom. The van der Waals surface area contributed by atoms with E-state index in [1.807, 2.05) is 0 Å². The van der Waals surface area contributed by atoms with Crippen LogP contribution in [0.3, 0.4) is 0 Å². The first-order chi connectivity index (χ1) is 9.73. The maximum atomic E-state index is 12.7. The van der Waals surface area contributed by atoms with Gasteiger partial charge >= 0.3 is 5.97 Å². The molecule has 0 heterocycles. The molecule has 21 heavy (non-hydrogen) atoms. The molecule has 0 fully saturated rings. The summed E-state index contributed by atoms with van der Waals surface area (Å²) in [4.78, 5) is 11.7. The second-order valence-electron chi connectivity index (χ2n) is 4.71. The number of benzene rings is 1. The normalized spacial score (nSPS) is 11.7. The summed E-state index contributed by atoms with van der Waals surface area (Å²) < 4.78 is 31.3. The summed E-state index contributed by atoms with van der Waals surface area (Å²) in [7, 11) is -3.79. The van der Waals surface area contributed by atoms with Gasteiger partial charge in [0.25, 0.3) is 0 Å². The van der Waals surface area contributed by atoms with Crippen LogP contribution in [0.4, 0.5) is 5.69 Å². The molecule has 0 bridgehead atoms. The van der Waals surface area contributed by atoms with E-state index in [2.05, 4.69) is 0 Å². The largest absolute Gasteiger partial charge is 0.465 e. The van der Waals surface area contributed by atoms with E-state index < -0.39 is 16.0 Å². The van der Waals surface area contributed by atoms with Crippen molar-refractivity contribution in [2.24, 2.45) is 0 Å². The highest BCUT2D eigenvalue weighted by molar-refractivity contribution is 7.89. The van der Waals surface area contributed by atoms with E-state index in [1.54, 1.807) is 39.8 Å². The second-order valence-corrected chi connectivity index (χ2v) is 6.62. The van der Waals surface area contributed by atoms with Crippen molar-refractivity contribution < 1.29 is 17.9 Å². The highest BCUT2D eigenvalue weighted by Crippen LogP contribution is 2.25. The van der Waals surface area contributed by atoms with Gasteiger partial charge in [0.05, 0.1) is 11.5 Å². The number of hydrogen-bond acceptors (Lipinski definition) is 5. The van der Waals surface area contributed by atoms with E-state index in [0.717, 1.165) is 9.87 Å². The van der Waals surface area contributed by atoms with Crippen molar-refractivity contribution in [2.45, 2.75) is 32.6 Å². The van der Waals surface area contributed by atoms with E-state index in [1.165, 1.54) is 0 Å². The topological polar surface area (TPSA) is 89.7 Å². The molecule has 6 nitrogen and oxygen atoms in total. The third-order valence-electron chi connectivity index (χ3n) is 3.13. The van der Waals surface area contributed by atoms with E-state index in [4.69, 9.17) is 10.5 Å². The van der Waals surface area contributed by atoms with E-state index >= 15 is 0 Å². The molecular formula is C14H22N2O4S. The molecule has 0 aromatic heterocycles. The number of carbonyl (C=O) groups is 1. The second kappa shape index (κ2) is 6.91. The smallest absolute Gasteiger partial charge is 0.321 e. The Kier molecular flexibility index (Phi) is 5.74. The first-order valence-electron chi connectivity index (χ1n) is 6.76. The Morgan fingerprint density at radius 2 is 1.90 bits per heavy atom. The minimum absolute atomic E-state index is 0.131. The predicted octanol–water partition coefficient (Wildman–Crippen LogP) is 1.46. The van der Waals surface area contributed by atoms with Gasteiger partial charge in [-0.3, -0.25) is 4.79 Å². The number of aryl methyl sites for hydroxylation is 1. The van der Waals surface area contributed by atoms with Gasteiger partial charge in [-0.2, -0.15) is 4.31 Å². The van der Waals surface area contributed by atoms with Crippen molar-refractivity contribution in [2.75, 3.05) is 25.4 Å². The summed E-state index contributed by atoms with van der Waals surface area (Å²) in [6, 6.07) is 3.28. The van der Waals surface area contributed by atoms with Crippen molar-refractivity contribution >= 4 is 21.7 Å². The number of carbonyl (C=O) groups excluding carboxylic acids is 1. The minimum atomic E-state index is -3.79. The van der Waals surface area contributed by atoms with Crippen LogP contribution in [0.2, 0.25) is 0 Å². The van der Waals surface area contributed by atoms with Gasteiger partial charge in [-0.25, -0.2) is 8.42 Å². The number of nitrogen functional groups attached to an aromatic ring is 1. The van der Waals surface area contributed by atoms with Crippen LogP contribution in [0.5, 0.6) is 0 Å². The van der Waals surface area contributed by atoms with Gasteiger partial charge in [0.2, 0.25) is 10.0 Å². The SMILES string of the molecule is CCOC(=O)CN(CC)S(=O)(=O)c1cc(C)cc(N)c1C. The van der Waals surface area contributed by atoms with Crippen molar-refractivity contribution in [1.82, 2.24) is 4.31 Å². The molecule has 1 aromatic rings. The Hall–Kier alpha value is -1.60. The van der Waals surface area contributed by atoms with Crippen molar-refractivity contribution in [3.8, 4) is 0 Å². The molecule has 118 valence electrons. The standard InChI is InChI=1S/C14H22N2O4S/c1-5-16(9-14(17)20-6-2)21(18,19)13-8-10(3)7-12(15)11(13)4/h7-8H,5-6,9,15H2,1-4H3. The summed E-state index contributed by atoms with van der Waals surface area (Å²) in [5, 5.41) is 0. The fourth-order valence-corrected chi connectivity index (χ4v) is 3.71. The molecule has 0 saturated heterocycles. The molecule has 0 atom stereocenters. The Balaban J connectivity index is 3.22. The van der Waals surface area contributed by atoms with Gasteiger partial charge in [-0.05, 0) is 44.0 Å². The highest BCUT2D eigenvalue weighted by Gasteiger charge is 2.28. The zero-order chi connectivity index (χ0) is 16.2. The highest BCUT2D eigenvalue weighted by atomic mass is 32.2. The molecule has 1 rings (SSSR count). The third-order valence-corrected chi connectivity index (χ3v) is 5.17. The minimum Gasteiger partial charge on any atom is -0.465 e. The average molecular weight is 314 g/mol. The zero-order valence-electron chi connectivity index (χ0n) is 12.8. The molecule has 0 saturated carbocycles. The number of likely N-dealkylation sites (N-methyl/N-ethyl adjacent to an activating group) is 1. The maximum absolute atomic E-state index is 12.7. The van der Waals surface area contributed by atoms with Gasteiger partial charge < -0.3 is 10.5 Å². The van der Waals surface area contributed by atoms with Crippen molar-refractivity contribution in [1.29, 1.82) is 0 Å². The number of rotatable bonds is 6. The van der Waals surface area contributed by atoms with Crippen LogP contribution >= 0.6 is 0 Å². The van der Waals surface area contributed by atoms with Crippen LogP contribution in [0, 0.1) is 13.8 Å². The van der Waals surface area contributed by atoms with Gasteiger partial charge in [-0.1, -0.05) is 6.92 Å². The molecule has 0 radical (unpaired) electrons. The lowest BCUT2D eigenvalue weighted by Gasteiger charge is -2.21. The summed E-state index contributed by atoms with van der Waals surface area (Å²) in [5.74, 6) is -0.568. The molecule has 0 aliphatic rings. The lowest BCUT2D eigenvalue weighted by atomic mass is 10.1. The van der Waals surface area contributed by atoms with Gasteiger partial charge in [0.1, 0.15) is 6.54 Å². The Labute approximate surface area is 125 Å². The van der Waals surface area contributed by atoms with Gasteiger partial charge in [-0.15, -0.1) is 0 Å². The van der Waals surface area contributed by atoms with Crippen LogP contribution in [-0.4, -0.2) is 38.4 Å². The first-order valence-corrected chi connectivity index (χ1v) is 8.20. The Bertz CT molecular complexity index is 626. The summed E-state index contributed by atoms with van der Waals surface area (Å²) in [6.45, 7) is 6.86. The molecule has 0 aliphatic heterocycles. The molecule has 1 aromatic carbocycles. The van der Waals surface area contributed by atoms with Crippen molar-refractivity contribution in [3.05, 3.63) is 23.3 Å².